The Hall–Kier alpha value is -3.10. The molecule has 0 saturated heterocycles. The molecule has 2 heterocycles. The molecule has 8 heteroatoms. The van der Waals surface area contributed by atoms with Crippen LogP contribution in [0.15, 0.2) is 30.3 Å². The molecule has 30 heavy (non-hydrogen) atoms. The number of rotatable bonds is 6. The van der Waals surface area contributed by atoms with Gasteiger partial charge < -0.3 is 23.7 Å². The van der Waals surface area contributed by atoms with Crippen LogP contribution >= 0.6 is 0 Å². The lowest BCUT2D eigenvalue weighted by atomic mass is 9.90. The first-order chi connectivity index (χ1) is 14.6. The Kier molecular flexibility index (Phi) is 5.61. The fourth-order valence-electron chi connectivity index (χ4n) is 4.05. The molecule has 0 spiro atoms. The number of likely N-dealkylation sites (N-methyl/N-ethyl adjacent to an activating group) is 1. The van der Waals surface area contributed by atoms with Crippen molar-refractivity contribution in [2.45, 2.75) is 12.5 Å². The van der Waals surface area contributed by atoms with Gasteiger partial charge in [0.25, 0.3) is 0 Å². The van der Waals surface area contributed by atoms with Gasteiger partial charge in [0.1, 0.15) is 11.5 Å². The summed E-state index contributed by atoms with van der Waals surface area (Å²) in [6, 6.07) is 7.27. The van der Waals surface area contributed by atoms with Crippen molar-refractivity contribution < 1.29 is 28.9 Å². The highest BCUT2D eigenvalue weighted by Crippen LogP contribution is 2.50. The Morgan fingerprint density at radius 3 is 2.70 bits per heavy atom. The van der Waals surface area contributed by atoms with Crippen LogP contribution in [0, 0.1) is 0 Å². The summed E-state index contributed by atoms with van der Waals surface area (Å²) >= 11 is 0. The number of methoxy groups -OCH3 is 3. The molecule has 0 amide bonds. The highest BCUT2D eigenvalue weighted by Gasteiger charge is 2.33. The predicted octanol–water partition coefficient (Wildman–Crippen LogP) is 2.99. The second kappa shape index (κ2) is 8.33. The van der Waals surface area contributed by atoms with Crippen molar-refractivity contribution in [2.75, 3.05) is 41.7 Å². The summed E-state index contributed by atoms with van der Waals surface area (Å²) in [5, 5.41) is 10.0. The zero-order valence-electron chi connectivity index (χ0n) is 17.5. The Bertz CT molecular complexity index is 975. The van der Waals surface area contributed by atoms with Crippen molar-refractivity contribution in [1.29, 1.82) is 0 Å². The van der Waals surface area contributed by atoms with Crippen molar-refractivity contribution in [3.8, 4) is 28.7 Å². The first-order valence-electron chi connectivity index (χ1n) is 9.65. The fourth-order valence-corrected chi connectivity index (χ4v) is 4.05. The highest BCUT2D eigenvalue weighted by atomic mass is 16.7. The van der Waals surface area contributed by atoms with E-state index in [4.69, 9.17) is 23.7 Å². The topological polar surface area (TPSA) is 81.7 Å². The van der Waals surface area contributed by atoms with Crippen molar-refractivity contribution in [3.05, 3.63) is 47.0 Å². The molecule has 2 aliphatic heterocycles. The molecule has 0 unspecified atom stereocenters. The number of ether oxygens (including phenoxy) is 5. The van der Waals surface area contributed by atoms with Crippen LogP contribution in [0.5, 0.6) is 28.7 Å². The van der Waals surface area contributed by atoms with E-state index in [-0.39, 0.29) is 12.8 Å². The van der Waals surface area contributed by atoms with Gasteiger partial charge in [0, 0.05) is 17.7 Å². The lowest BCUT2D eigenvalue weighted by Crippen LogP contribution is -2.32. The third-order valence-electron chi connectivity index (χ3n) is 5.59. The molecule has 160 valence electrons. The zero-order valence-corrected chi connectivity index (χ0v) is 17.5. The van der Waals surface area contributed by atoms with Crippen LogP contribution in [0.2, 0.25) is 0 Å². The Morgan fingerprint density at radius 1 is 1.17 bits per heavy atom. The molecule has 0 bridgehead atoms. The molecule has 0 aliphatic carbocycles. The van der Waals surface area contributed by atoms with E-state index in [0.717, 1.165) is 24.1 Å². The number of hydrogen-bond acceptors (Lipinski definition) is 8. The summed E-state index contributed by atoms with van der Waals surface area (Å²) in [4.78, 5) is 2.19. The van der Waals surface area contributed by atoms with E-state index in [2.05, 4.69) is 10.4 Å². The minimum atomic E-state index is -0.177. The lowest BCUT2D eigenvalue weighted by Gasteiger charge is -2.34. The standard InChI is InChI=1S/C22H26N2O6/c1-24-8-7-13-9-19-21(30-12-29-19)22(28-4)20(13)17(24)11-16(23-25)15-10-14(26-2)5-6-18(15)27-3/h5-6,9-11,17,23,25H,7-8,12H2,1-4H3/b16-11+/t17-/m0/s1. The van der Waals surface area contributed by atoms with Gasteiger partial charge in [-0.25, -0.2) is 0 Å². The predicted molar refractivity (Wildman–Crippen MR) is 111 cm³/mol. The molecule has 1 atom stereocenters. The van der Waals surface area contributed by atoms with Gasteiger partial charge in [0.2, 0.25) is 12.5 Å². The maximum Gasteiger partial charge on any atom is 0.231 e. The molecule has 2 aliphatic rings. The smallest absolute Gasteiger partial charge is 0.231 e. The molecule has 2 aromatic carbocycles. The van der Waals surface area contributed by atoms with Gasteiger partial charge in [0.05, 0.1) is 33.1 Å². The van der Waals surface area contributed by atoms with E-state index in [1.165, 1.54) is 0 Å². The van der Waals surface area contributed by atoms with E-state index in [9.17, 15) is 5.21 Å². The first kappa shape index (κ1) is 20.2. The highest BCUT2D eigenvalue weighted by molar-refractivity contribution is 5.72. The van der Waals surface area contributed by atoms with E-state index in [1.54, 1.807) is 27.4 Å². The average molecular weight is 414 g/mol. The monoisotopic (exact) mass is 414 g/mol. The zero-order chi connectivity index (χ0) is 21.3. The van der Waals surface area contributed by atoms with E-state index in [1.807, 2.05) is 31.3 Å². The second-order valence-corrected chi connectivity index (χ2v) is 7.15. The van der Waals surface area contributed by atoms with Crippen molar-refractivity contribution in [2.24, 2.45) is 0 Å². The van der Waals surface area contributed by atoms with Crippen molar-refractivity contribution in [1.82, 2.24) is 10.4 Å². The van der Waals surface area contributed by atoms with Crippen LogP contribution in [0.3, 0.4) is 0 Å². The van der Waals surface area contributed by atoms with Gasteiger partial charge in [-0.05, 0) is 49.4 Å². The normalized spacial score (nSPS) is 18.0. The molecule has 0 radical (unpaired) electrons. The molecule has 4 rings (SSSR count). The van der Waals surface area contributed by atoms with Gasteiger partial charge in [-0.1, -0.05) is 0 Å². The average Bonchev–Trinajstić information content (AvgIpc) is 3.25. The fraction of sp³-hybridized carbons (Fsp3) is 0.364. The van der Waals surface area contributed by atoms with Crippen LogP contribution in [-0.2, 0) is 6.42 Å². The van der Waals surface area contributed by atoms with Crippen LogP contribution in [-0.4, -0.2) is 51.8 Å². The van der Waals surface area contributed by atoms with Crippen molar-refractivity contribution >= 4 is 5.70 Å². The molecule has 2 aromatic rings. The van der Waals surface area contributed by atoms with Gasteiger partial charge in [-0.15, -0.1) is 0 Å². The summed E-state index contributed by atoms with van der Waals surface area (Å²) in [6.07, 6.45) is 2.80. The Balaban J connectivity index is 1.86. The third-order valence-corrected chi connectivity index (χ3v) is 5.59. The Labute approximate surface area is 175 Å². The molecular weight excluding hydrogens is 388 g/mol. The number of hydroxylamine groups is 1. The summed E-state index contributed by atoms with van der Waals surface area (Å²) < 4.78 is 27.8. The van der Waals surface area contributed by atoms with E-state index >= 15 is 0 Å². The molecule has 8 nitrogen and oxygen atoms in total. The number of hydrogen-bond donors (Lipinski definition) is 2. The van der Waals surface area contributed by atoms with Crippen LogP contribution in [0.4, 0.5) is 0 Å². The molecule has 0 fully saturated rings. The number of benzene rings is 2. The largest absolute Gasteiger partial charge is 0.497 e. The second-order valence-electron chi connectivity index (χ2n) is 7.15. The van der Waals surface area contributed by atoms with Crippen LogP contribution < -0.4 is 29.2 Å². The number of nitrogens with zero attached hydrogens (tertiary/aromatic N) is 1. The third kappa shape index (κ3) is 3.38. The molecular formula is C22H26N2O6. The van der Waals surface area contributed by atoms with Gasteiger partial charge >= 0.3 is 0 Å². The molecule has 0 saturated carbocycles. The van der Waals surface area contributed by atoms with E-state index in [0.29, 0.717) is 40.0 Å². The summed E-state index contributed by atoms with van der Waals surface area (Å²) in [6.45, 7) is 1.01. The quantitative estimate of drug-likeness (QED) is 0.699. The number of nitrogens with one attached hydrogen (secondary N) is 1. The number of fused-ring (bicyclic) bond motifs is 2. The molecule has 0 aromatic heterocycles. The minimum Gasteiger partial charge on any atom is -0.497 e. The van der Waals surface area contributed by atoms with Crippen LogP contribution in [0.25, 0.3) is 5.70 Å². The van der Waals surface area contributed by atoms with Crippen LogP contribution in [0.1, 0.15) is 22.7 Å². The maximum absolute atomic E-state index is 10.0. The first-order valence-corrected chi connectivity index (χ1v) is 9.65. The van der Waals surface area contributed by atoms with Gasteiger partial charge in [-0.3, -0.25) is 15.6 Å². The lowest BCUT2D eigenvalue weighted by molar-refractivity contribution is 0.171. The van der Waals surface area contributed by atoms with E-state index < -0.39 is 0 Å². The minimum absolute atomic E-state index is 0.176. The SMILES string of the molecule is COc1ccc(OC)c(/C(=C\[C@H]2c3c(cc4c(c3OC)OCO4)CCN2C)NO)c1. The van der Waals surface area contributed by atoms with Gasteiger partial charge in [-0.2, -0.15) is 0 Å². The summed E-state index contributed by atoms with van der Waals surface area (Å²) in [5.74, 6) is 3.24. The summed E-state index contributed by atoms with van der Waals surface area (Å²) in [7, 11) is 6.85. The summed E-state index contributed by atoms with van der Waals surface area (Å²) in [5.41, 5.74) is 5.63. The Morgan fingerprint density at radius 2 is 2.00 bits per heavy atom. The van der Waals surface area contributed by atoms with Gasteiger partial charge in [0.15, 0.2) is 11.5 Å². The maximum atomic E-state index is 10.0. The van der Waals surface area contributed by atoms with Crippen molar-refractivity contribution in [3.63, 3.8) is 0 Å². The molecule has 2 N–H and O–H groups in total.